The molecule has 0 aromatic heterocycles. The van der Waals surface area contributed by atoms with Crippen LogP contribution >= 0.6 is 0 Å². The van der Waals surface area contributed by atoms with E-state index in [-0.39, 0.29) is 0 Å². The van der Waals surface area contributed by atoms with Crippen LogP contribution in [0.15, 0.2) is 18.2 Å². The monoisotopic (exact) mass is 362 g/mol. The number of hydrogen-bond donors (Lipinski definition) is 1. The van der Waals surface area contributed by atoms with E-state index in [0.717, 1.165) is 25.4 Å². The Morgan fingerprint density at radius 3 is 2.27 bits per heavy atom. The lowest BCUT2D eigenvalue weighted by Crippen LogP contribution is -2.37. The summed E-state index contributed by atoms with van der Waals surface area (Å²) in [4.78, 5) is 4.79. The molecule has 2 heterocycles. The van der Waals surface area contributed by atoms with E-state index < -0.39 is 6.10 Å². The summed E-state index contributed by atoms with van der Waals surface area (Å²) >= 11 is 0. The van der Waals surface area contributed by atoms with Crippen LogP contribution in [-0.4, -0.2) is 67.5 Å². The minimum Gasteiger partial charge on any atom is -0.493 e. The van der Waals surface area contributed by atoms with Gasteiger partial charge in [-0.25, -0.2) is 0 Å². The smallest absolute Gasteiger partial charge is 0.161 e. The van der Waals surface area contributed by atoms with Crippen LogP contribution in [-0.2, 0) is 6.54 Å². The average molecular weight is 363 g/mol. The molecule has 0 aliphatic carbocycles. The van der Waals surface area contributed by atoms with Gasteiger partial charge in [0, 0.05) is 13.1 Å². The minimum absolute atomic E-state index is 0.304. The maximum atomic E-state index is 10.4. The summed E-state index contributed by atoms with van der Waals surface area (Å²) in [5.41, 5.74) is 1.25. The van der Waals surface area contributed by atoms with Crippen LogP contribution in [0.2, 0.25) is 0 Å². The van der Waals surface area contributed by atoms with Crippen LogP contribution in [0.1, 0.15) is 44.1 Å². The molecule has 5 heteroatoms. The second-order valence-corrected chi connectivity index (χ2v) is 7.65. The summed E-state index contributed by atoms with van der Waals surface area (Å²) in [7, 11) is 1.67. The average Bonchev–Trinajstić information content (AvgIpc) is 2.59. The maximum absolute atomic E-state index is 10.4. The van der Waals surface area contributed by atoms with Gasteiger partial charge in [0.25, 0.3) is 0 Å². The van der Waals surface area contributed by atoms with Crippen LogP contribution in [0.4, 0.5) is 0 Å². The predicted octanol–water partition coefficient (Wildman–Crippen LogP) is 2.91. The van der Waals surface area contributed by atoms with Gasteiger partial charge in [0.2, 0.25) is 0 Å². The highest BCUT2D eigenvalue weighted by molar-refractivity contribution is 5.43. The van der Waals surface area contributed by atoms with E-state index in [2.05, 4.69) is 21.9 Å². The molecule has 146 valence electrons. The summed E-state index contributed by atoms with van der Waals surface area (Å²) in [6, 6.07) is 6.12. The minimum atomic E-state index is -0.472. The summed E-state index contributed by atoms with van der Waals surface area (Å²) in [6.07, 6.45) is 7.27. The Labute approximate surface area is 157 Å². The van der Waals surface area contributed by atoms with E-state index in [4.69, 9.17) is 9.47 Å². The summed E-state index contributed by atoms with van der Waals surface area (Å²) in [6.45, 7) is 6.51. The van der Waals surface area contributed by atoms with Gasteiger partial charge in [-0.05, 0) is 63.1 Å². The fraction of sp³-hybridized carbons (Fsp3) is 0.714. The van der Waals surface area contributed by atoms with Gasteiger partial charge in [-0.3, -0.25) is 4.90 Å². The van der Waals surface area contributed by atoms with Gasteiger partial charge in [-0.15, -0.1) is 0 Å². The second-order valence-electron chi connectivity index (χ2n) is 7.65. The molecular formula is C21H34N2O3. The fourth-order valence-electron chi connectivity index (χ4n) is 3.76. The highest BCUT2D eigenvalue weighted by Crippen LogP contribution is 2.29. The van der Waals surface area contributed by atoms with Crippen LogP contribution in [0.3, 0.4) is 0 Å². The number of nitrogens with zero attached hydrogens (tertiary/aromatic N) is 2. The molecule has 3 rings (SSSR count). The first-order valence-corrected chi connectivity index (χ1v) is 10.2. The molecule has 2 aliphatic heterocycles. The number of aliphatic hydroxyl groups is 1. The molecule has 26 heavy (non-hydrogen) atoms. The van der Waals surface area contributed by atoms with Gasteiger partial charge in [0.15, 0.2) is 11.5 Å². The van der Waals surface area contributed by atoms with E-state index in [9.17, 15) is 5.11 Å². The third-order valence-corrected chi connectivity index (χ3v) is 5.43. The van der Waals surface area contributed by atoms with Crippen molar-refractivity contribution in [3.8, 4) is 11.5 Å². The van der Waals surface area contributed by atoms with E-state index in [0.29, 0.717) is 18.9 Å². The molecule has 0 radical (unpaired) electrons. The highest BCUT2D eigenvalue weighted by Gasteiger charge is 2.17. The SMILES string of the molecule is COc1cc(CN2CCC2)ccc1OCC(O)CN1CCCCCCC1. The Hall–Kier alpha value is -1.30. The van der Waals surface area contributed by atoms with Gasteiger partial charge in [-0.2, -0.15) is 0 Å². The summed E-state index contributed by atoms with van der Waals surface area (Å²) in [5, 5.41) is 10.4. The van der Waals surface area contributed by atoms with Gasteiger partial charge in [-0.1, -0.05) is 25.3 Å². The molecule has 1 unspecified atom stereocenters. The molecule has 0 bridgehead atoms. The molecule has 0 amide bonds. The normalized spacial score (nSPS) is 20.7. The van der Waals surface area contributed by atoms with E-state index >= 15 is 0 Å². The summed E-state index contributed by atoms with van der Waals surface area (Å²) in [5.74, 6) is 1.47. The van der Waals surface area contributed by atoms with Crippen molar-refractivity contribution in [1.29, 1.82) is 0 Å². The van der Waals surface area contributed by atoms with Crippen LogP contribution in [0.5, 0.6) is 11.5 Å². The fourth-order valence-corrected chi connectivity index (χ4v) is 3.76. The van der Waals surface area contributed by atoms with Crippen molar-refractivity contribution in [2.75, 3.05) is 46.4 Å². The molecule has 1 aromatic rings. The van der Waals surface area contributed by atoms with Gasteiger partial charge >= 0.3 is 0 Å². The third kappa shape index (κ3) is 5.86. The van der Waals surface area contributed by atoms with Crippen molar-refractivity contribution in [3.63, 3.8) is 0 Å². The molecule has 2 aliphatic rings. The second kappa shape index (κ2) is 10.1. The Bertz CT molecular complexity index is 540. The summed E-state index contributed by atoms with van der Waals surface area (Å²) < 4.78 is 11.4. The van der Waals surface area contributed by atoms with Gasteiger partial charge in [0.1, 0.15) is 12.7 Å². The topological polar surface area (TPSA) is 45.2 Å². The number of β-amino-alcohol motifs (C(OH)–C–C–N with tert-alkyl or cyclic N) is 1. The lowest BCUT2D eigenvalue weighted by Gasteiger charge is -2.30. The Morgan fingerprint density at radius 1 is 0.923 bits per heavy atom. The number of hydrogen-bond acceptors (Lipinski definition) is 5. The van der Waals surface area contributed by atoms with Gasteiger partial charge < -0.3 is 19.5 Å². The van der Waals surface area contributed by atoms with Crippen molar-refractivity contribution in [3.05, 3.63) is 23.8 Å². The molecule has 0 spiro atoms. The number of ether oxygens (including phenoxy) is 2. The molecule has 0 saturated carbocycles. The Balaban J connectivity index is 1.47. The third-order valence-electron chi connectivity index (χ3n) is 5.43. The molecule has 1 atom stereocenters. The number of rotatable bonds is 8. The first-order valence-electron chi connectivity index (χ1n) is 10.2. The molecule has 2 fully saturated rings. The van der Waals surface area contributed by atoms with Crippen LogP contribution < -0.4 is 9.47 Å². The van der Waals surface area contributed by atoms with Crippen molar-refractivity contribution in [2.45, 2.75) is 51.2 Å². The predicted molar refractivity (Wildman–Crippen MR) is 104 cm³/mol. The lowest BCUT2D eigenvalue weighted by molar-refractivity contribution is 0.0644. The van der Waals surface area contributed by atoms with Crippen LogP contribution in [0, 0.1) is 0 Å². The van der Waals surface area contributed by atoms with Crippen molar-refractivity contribution in [2.24, 2.45) is 0 Å². The largest absolute Gasteiger partial charge is 0.493 e. The number of aliphatic hydroxyl groups excluding tert-OH is 1. The standard InChI is InChI=1S/C21H34N2O3/c1-25-21-14-18(15-22-12-7-13-22)8-9-20(21)26-17-19(24)16-23-10-5-3-2-4-6-11-23/h8-9,14,19,24H,2-7,10-13,15-17H2,1H3. The van der Waals surface area contributed by atoms with E-state index in [1.54, 1.807) is 7.11 Å². The first-order chi connectivity index (χ1) is 12.7. The lowest BCUT2D eigenvalue weighted by atomic mass is 10.1. The van der Waals surface area contributed by atoms with E-state index in [1.165, 1.54) is 57.2 Å². The maximum Gasteiger partial charge on any atom is 0.161 e. The van der Waals surface area contributed by atoms with Gasteiger partial charge in [0.05, 0.1) is 7.11 Å². The molecule has 5 nitrogen and oxygen atoms in total. The number of benzene rings is 1. The van der Waals surface area contributed by atoms with Crippen molar-refractivity contribution >= 4 is 0 Å². The zero-order valence-electron chi connectivity index (χ0n) is 16.2. The Morgan fingerprint density at radius 2 is 1.62 bits per heavy atom. The molecular weight excluding hydrogens is 328 g/mol. The number of likely N-dealkylation sites (tertiary alicyclic amines) is 2. The molecule has 2 saturated heterocycles. The zero-order valence-corrected chi connectivity index (χ0v) is 16.2. The highest BCUT2D eigenvalue weighted by atomic mass is 16.5. The van der Waals surface area contributed by atoms with Crippen LogP contribution in [0.25, 0.3) is 0 Å². The molecule has 1 aromatic carbocycles. The van der Waals surface area contributed by atoms with Crippen molar-refractivity contribution in [1.82, 2.24) is 9.80 Å². The quantitative estimate of drug-likeness (QED) is 0.770. The van der Waals surface area contributed by atoms with E-state index in [1.807, 2.05) is 6.07 Å². The molecule has 1 N–H and O–H groups in total. The first kappa shape index (κ1) is 19.5. The Kier molecular flexibility index (Phi) is 7.59. The van der Waals surface area contributed by atoms with Crippen molar-refractivity contribution < 1.29 is 14.6 Å². The number of methoxy groups -OCH3 is 1. The zero-order chi connectivity index (χ0) is 18.2.